The number of hydrogen-bond acceptors (Lipinski definition) is 3. The average Bonchev–Trinajstić information content (AvgIpc) is 2.55. The lowest BCUT2D eigenvalue weighted by molar-refractivity contribution is 0.172. The molecular weight excluding hydrogens is 166 g/mol. The van der Waals surface area contributed by atoms with E-state index in [1.54, 1.807) is 18.6 Å². The molecule has 1 aromatic rings. The van der Waals surface area contributed by atoms with Gasteiger partial charge in [-0.15, -0.1) is 0 Å². The molecule has 0 aliphatic carbocycles. The summed E-state index contributed by atoms with van der Waals surface area (Å²) in [5, 5.41) is 12.8. The van der Waals surface area contributed by atoms with Crippen LogP contribution in [-0.4, -0.2) is 18.2 Å². The summed E-state index contributed by atoms with van der Waals surface area (Å²) in [6.45, 7) is 5.78. The Morgan fingerprint density at radius 2 is 2.23 bits per heavy atom. The highest BCUT2D eigenvalue weighted by molar-refractivity contribution is 5.09. The van der Waals surface area contributed by atoms with E-state index in [2.05, 4.69) is 19.2 Å². The Morgan fingerprint density at radius 1 is 1.46 bits per heavy atom. The van der Waals surface area contributed by atoms with Crippen LogP contribution in [0.25, 0.3) is 0 Å². The molecule has 0 aliphatic rings. The summed E-state index contributed by atoms with van der Waals surface area (Å²) in [6.07, 6.45) is 2.68. The molecule has 1 heterocycles. The average molecular weight is 183 g/mol. The Morgan fingerprint density at radius 3 is 2.77 bits per heavy atom. The van der Waals surface area contributed by atoms with Crippen LogP contribution in [0.3, 0.4) is 0 Å². The van der Waals surface area contributed by atoms with Crippen LogP contribution in [-0.2, 0) is 0 Å². The Balaban J connectivity index is 2.22. The summed E-state index contributed by atoms with van der Waals surface area (Å²) in [4.78, 5) is 0. The summed E-state index contributed by atoms with van der Waals surface area (Å²) >= 11 is 0. The van der Waals surface area contributed by atoms with Gasteiger partial charge in [0.15, 0.2) is 0 Å². The minimum absolute atomic E-state index is 0.461. The van der Waals surface area contributed by atoms with Crippen LogP contribution in [0.4, 0.5) is 0 Å². The summed E-state index contributed by atoms with van der Waals surface area (Å²) in [5.41, 5.74) is 0.830. The van der Waals surface area contributed by atoms with E-state index >= 15 is 0 Å². The Kier molecular flexibility index (Phi) is 3.99. The van der Waals surface area contributed by atoms with Gasteiger partial charge in [-0.1, -0.05) is 13.8 Å². The van der Waals surface area contributed by atoms with Gasteiger partial charge in [0.2, 0.25) is 0 Å². The number of aliphatic hydroxyl groups is 1. The number of hydrogen-bond donors (Lipinski definition) is 2. The fourth-order valence-electron chi connectivity index (χ4n) is 1.09. The Bertz CT molecular complexity index is 219. The normalized spacial score (nSPS) is 13.5. The van der Waals surface area contributed by atoms with Crippen molar-refractivity contribution in [2.45, 2.75) is 20.0 Å². The van der Waals surface area contributed by atoms with Gasteiger partial charge in [-0.2, -0.15) is 0 Å². The second kappa shape index (κ2) is 5.04. The SMILES string of the molecule is CC(C)CNCC(O)c1ccoc1. The minimum atomic E-state index is -0.461. The van der Waals surface area contributed by atoms with E-state index in [1.807, 2.05) is 0 Å². The van der Waals surface area contributed by atoms with Crippen LogP contribution in [0.1, 0.15) is 25.5 Å². The van der Waals surface area contributed by atoms with Crippen molar-refractivity contribution < 1.29 is 9.52 Å². The molecule has 13 heavy (non-hydrogen) atoms. The van der Waals surface area contributed by atoms with Crippen molar-refractivity contribution in [3.8, 4) is 0 Å². The first-order valence-electron chi connectivity index (χ1n) is 4.61. The van der Waals surface area contributed by atoms with Crippen molar-refractivity contribution in [1.29, 1.82) is 0 Å². The van der Waals surface area contributed by atoms with Crippen molar-refractivity contribution in [1.82, 2.24) is 5.32 Å². The molecule has 1 atom stereocenters. The fraction of sp³-hybridized carbons (Fsp3) is 0.600. The molecule has 0 saturated carbocycles. The molecule has 0 radical (unpaired) electrons. The van der Waals surface area contributed by atoms with Crippen molar-refractivity contribution in [3.05, 3.63) is 24.2 Å². The Labute approximate surface area is 78.8 Å². The van der Waals surface area contributed by atoms with Gasteiger partial charge in [-0.25, -0.2) is 0 Å². The predicted molar refractivity (Wildman–Crippen MR) is 51.4 cm³/mol. The van der Waals surface area contributed by atoms with E-state index in [1.165, 1.54) is 0 Å². The maximum absolute atomic E-state index is 9.60. The number of rotatable bonds is 5. The van der Waals surface area contributed by atoms with E-state index in [9.17, 15) is 5.11 Å². The lowest BCUT2D eigenvalue weighted by atomic mass is 10.2. The quantitative estimate of drug-likeness (QED) is 0.728. The zero-order chi connectivity index (χ0) is 9.68. The highest BCUT2D eigenvalue weighted by Crippen LogP contribution is 2.11. The summed E-state index contributed by atoms with van der Waals surface area (Å²) < 4.78 is 4.88. The van der Waals surface area contributed by atoms with Crippen LogP contribution in [0, 0.1) is 5.92 Å². The number of nitrogens with one attached hydrogen (secondary N) is 1. The first-order valence-corrected chi connectivity index (χ1v) is 4.61. The van der Waals surface area contributed by atoms with Gasteiger partial charge in [-0.05, 0) is 18.5 Å². The van der Waals surface area contributed by atoms with Gasteiger partial charge in [0.1, 0.15) is 0 Å². The third kappa shape index (κ3) is 3.61. The fourth-order valence-corrected chi connectivity index (χ4v) is 1.09. The minimum Gasteiger partial charge on any atom is -0.472 e. The molecule has 0 aromatic carbocycles. The predicted octanol–water partition coefficient (Wildman–Crippen LogP) is 1.56. The highest BCUT2D eigenvalue weighted by atomic mass is 16.3. The molecule has 74 valence electrons. The second-order valence-corrected chi connectivity index (χ2v) is 3.62. The molecule has 0 spiro atoms. The van der Waals surface area contributed by atoms with E-state index in [4.69, 9.17) is 4.42 Å². The Hall–Kier alpha value is -0.800. The molecule has 0 aliphatic heterocycles. The maximum atomic E-state index is 9.60. The smallest absolute Gasteiger partial charge is 0.0961 e. The molecule has 1 unspecified atom stereocenters. The summed E-state index contributed by atoms with van der Waals surface area (Å²) in [7, 11) is 0. The molecule has 0 fully saturated rings. The van der Waals surface area contributed by atoms with Gasteiger partial charge in [0.25, 0.3) is 0 Å². The largest absolute Gasteiger partial charge is 0.472 e. The molecule has 3 heteroatoms. The van der Waals surface area contributed by atoms with Gasteiger partial charge in [0.05, 0.1) is 18.6 Å². The maximum Gasteiger partial charge on any atom is 0.0961 e. The topological polar surface area (TPSA) is 45.4 Å². The van der Waals surface area contributed by atoms with Crippen LogP contribution in [0.2, 0.25) is 0 Å². The molecule has 0 amide bonds. The summed E-state index contributed by atoms with van der Waals surface area (Å²) in [6, 6.07) is 1.78. The number of aliphatic hydroxyl groups excluding tert-OH is 1. The van der Waals surface area contributed by atoms with Gasteiger partial charge >= 0.3 is 0 Å². The van der Waals surface area contributed by atoms with Gasteiger partial charge in [-0.3, -0.25) is 0 Å². The van der Waals surface area contributed by atoms with Crippen molar-refractivity contribution in [2.24, 2.45) is 5.92 Å². The molecule has 2 N–H and O–H groups in total. The van der Waals surface area contributed by atoms with E-state index in [-0.39, 0.29) is 0 Å². The van der Waals surface area contributed by atoms with E-state index in [0.717, 1.165) is 12.1 Å². The standard InChI is InChI=1S/C10H17NO2/c1-8(2)5-11-6-10(12)9-3-4-13-7-9/h3-4,7-8,10-12H,5-6H2,1-2H3. The van der Waals surface area contributed by atoms with E-state index < -0.39 is 6.10 Å². The number of furan rings is 1. The third-order valence-electron chi connectivity index (χ3n) is 1.82. The van der Waals surface area contributed by atoms with Crippen LogP contribution in [0.5, 0.6) is 0 Å². The van der Waals surface area contributed by atoms with Crippen molar-refractivity contribution in [3.63, 3.8) is 0 Å². The summed E-state index contributed by atoms with van der Waals surface area (Å²) in [5.74, 6) is 0.608. The first-order chi connectivity index (χ1) is 6.20. The van der Waals surface area contributed by atoms with Crippen LogP contribution < -0.4 is 5.32 Å². The highest BCUT2D eigenvalue weighted by Gasteiger charge is 2.07. The van der Waals surface area contributed by atoms with Crippen LogP contribution in [0.15, 0.2) is 23.0 Å². The lowest BCUT2D eigenvalue weighted by Gasteiger charge is -2.11. The lowest BCUT2D eigenvalue weighted by Crippen LogP contribution is -2.25. The monoisotopic (exact) mass is 183 g/mol. The van der Waals surface area contributed by atoms with Crippen LogP contribution >= 0.6 is 0 Å². The zero-order valence-electron chi connectivity index (χ0n) is 8.16. The zero-order valence-corrected chi connectivity index (χ0v) is 8.16. The van der Waals surface area contributed by atoms with E-state index in [0.29, 0.717) is 12.5 Å². The van der Waals surface area contributed by atoms with Crippen molar-refractivity contribution in [2.75, 3.05) is 13.1 Å². The molecule has 1 rings (SSSR count). The van der Waals surface area contributed by atoms with Crippen molar-refractivity contribution >= 4 is 0 Å². The molecule has 0 bridgehead atoms. The molecular formula is C10H17NO2. The molecule has 0 saturated heterocycles. The molecule has 3 nitrogen and oxygen atoms in total. The molecule has 1 aromatic heterocycles. The van der Waals surface area contributed by atoms with Gasteiger partial charge < -0.3 is 14.8 Å². The second-order valence-electron chi connectivity index (χ2n) is 3.62. The first kappa shape index (κ1) is 10.3. The van der Waals surface area contributed by atoms with Gasteiger partial charge in [0, 0.05) is 12.1 Å². The third-order valence-corrected chi connectivity index (χ3v) is 1.82.